The van der Waals surface area contributed by atoms with Crippen LogP contribution in [0.1, 0.15) is 36.0 Å². The summed E-state index contributed by atoms with van der Waals surface area (Å²) in [6.07, 6.45) is 3.30. The molecule has 136 valence electrons. The Morgan fingerprint density at radius 1 is 1.23 bits per heavy atom. The van der Waals surface area contributed by atoms with Crippen LogP contribution in [0.5, 0.6) is 0 Å². The Hall–Kier alpha value is -2.48. The Labute approximate surface area is 151 Å². The van der Waals surface area contributed by atoms with Crippen molar-refractivity contribution in [1.29, 1.82) is 0 Å². The van der Waals surface area contributed by atoms with Crippen molar-refractivity contribution in [3.63, 3.8) is 0 Å². The number of hydrogen-bond acceptors (Lipinski definition) is 7. The first kappa shape index (κ1) is 15.7. The zero-order valence-electron chi connectivity index (χ0n) is 15.2. The number of nitrogens with zero attached hydrogens (tertiary/aromatic N) is 7. The summed E-state index contributed by atoms with van der Waals surface area (Å²) in [5.74, 6) is 3.52. The van der Waals surface area contributed by atoms with Gasteiger partial charge in [0, 0.05) is 44.1 Å². The molecule has 0 spiro atoms. The average molecular weight is 353 g/mol. The van der Waals surface area contributed by atoms with Gasteiger partial charge in [0.05, 0.1) is 5.69 Å². The van der Waals surface area contributed by atoms with Crippen molar-refractivity contribution < 1.29 is 4.52 Å². The highest BCUT2D eigenvalue weighted by atomic mass is 16.5. The van der Waals surface area contributed by atoms with E-state index in [1.54, 1.807) is 0 Å². The van der Waals surface area contributed by atoms with E-state index < -0.39 is 0 Å². The summed E-state index contributed by atoms with van der Waals surface area (Å²) in [5, 5.41) is 17.3. The van der Waals surface area contributed by atoms with E-state index in [9.17, 15) is 0 Å². The van der Waals surface area contributed by atoms with Crippen LogP contribution in [0.2, 0.25) is 0 Å². The van der Waals surface area contributed by atoms with Gasteiger partial charge in [-0.15, -0.1) is 15.3 Å². The van der Waals surface area contributed by atoms with E-state index in [4.69, 9.17) is 9.62 Å². The molecule has 26 heavy (non-hydrogen) atoms. The van der Waals surface area contributed by atoms with Crippen molar-refractivity contribution in [1.82, 2.24) is 29.9 Å². The zero-order valence-corrected chi connectivity index (χ0v) is 15.2. The fourth-order valence-corrected chi connectivity index (χ4v) is 3.48. The minimum absolute atomic E-state index is 0.542. The molecule has 3 aromatic heterocycles. The number of likely N-dealkylation sites (N-methyl/N-ethyl adjacent to an activating group) is 1. The second kappa shape index (κ2) is 6.05. The van der Waals surface area contributed by atoms with E-state index >= 15 is 0 Å². The number of fused-ring (bicyclic) bond motifs is 1. The SMILES string of the molecule is Cc1cc(CCN(C)C2CN(c3ccc4nnc(C5CC5)n4n3)C2)on1. The van der Waals surface area contributed by atoms with Crippen LogP contribution in [0.15, 0.2) is 22.7 Å². The molecule has 0 atom stereocenters. The molecule has 2 aliphatic rings. The lowest BCUT2D eigenvalue weighted by molar-refractivity contribution is 0.201. The number of aryl methyl sites for hydroxylation is 1. The predicted molar refractivity (Wildman–Crippen MR) is 96.3 cm³/mol. The molecule has 1 saturated heterocycles. The molecule has 5 rings (SSSR count). The van der Waals surface area contributed by atoms with Crippen LogP contribution in [0.25, 0.3) is 5.65 Å². The summed E-state index contributed by atoms with van der Waals surface area (Å²) in [7, 11) is 2.17. The maximum atomic E-state index is 5.29. The highest BCUT2D eigenvalue weighted by Gasteiger charge is 2.32. The maximum Gasteiger partial charge on any atom is 0.178 e. The predicted octanol–water partition coefficient (Wildman–Crippen LogP) is 1.66. The molecule has 0 aromatic carbocycles. The van der Waals surface area contributed by atoms with Crippen LogP contribution in [-0.2, 0) is 6.42 Å². The van der Waals surface area contributed by atoms with Crippen molar-refractivity contribution in [3.05, 3.63) is 35.5 Å². The van der Waals surface area contributed by atoms with Crippen LogP contribution >= 0.6 is 0 Å². The molecule has 0 unspecified atom stereocenters. The summed E-state index contributed by atoms with van der Waals surface area (Å²) in [6.45, 7) is 4.91. The van der Waals surface area contributed by atoms with Gasteiger partial charge in [0.1, 0.15) is 11.6 Å². The summed E-state index contributed by atoms with van der Waals surface area (Å²) in [4.78, 5) is 4.71. The number of rotatable bonds is 6. The molecule has 0 radical (unpaired) electrons. The molecule has 1 aliphatic heterocycles. The van der Waals surface area contributed by atoms with E-state index in [-0.39, 0.29) is 0 Å². The molecule has 2 fully saturated rings. The van der Waals surface area contributed by atoms with Crippen LogP contribution in [0.3, 0.4) is 0 Å². The number of hydrogen-bond donors (Lipinski definition) is 0. The van der Waals surface area contributed by atoms with Crippen molar-refractivity contribution in [2.75, 3.05) is 31.6 Å². The molecule has 0 amide bonds. The van der Waals surface area contributed by atoms with Crippen LogP contribution in [0, 0.1) is 6.92 Å². The maximum absolute atomic E-state index is 5.29. The zero-order chi connectivity index (χ0) is 17.7. The third kappa shape index (κ3) is 2.84. The lowest BCUT2D eigenvalue weighted by atomic mass is 10.1. The standard InChI is InChI=1S/C18H23N7O/c1-12-9-15(26-22-12)7-8-23(2)14-10-24(11-14)17-6-5-16-19-20-18(13-3-4-13)25(16)21-17/h5-6,9,13-14H,3-4,7-8,10-11H2,1-2H3. The smallest absolute Gasteiger partial charge is 0.178 e. The fraction of sp³-hybridized carbons (Fsp3) is 0.556. The van der Waals surface area contributed by atoms with Gasteiger partial charge in [-0.1, -0.05) is 5.16 Å². The van der Waals surface area contributed by atoms with E-state index in [0.717, 1.165) is 54.8 Å². The lowest BCUT2D eigenvalue weighted by Gasteiger charge is -2.44. The molecule has 8 nitrogen and oxygen atoms in total. The minimum Gasteiger partial charge on any atom is -0.361 e. The third-order valence-corrected chi connectivity index (χ3v) is 5.41. The van der Waals surface area contributed by atoms with Crippen molar-refractivity contribution in [2.45, 2.75) is 38.1 Å². The van der Waals surface area contributed by atoms with E-state index in [0.29, 0.717) is 12.0 Å². The minimum atomic E-state index is 0.542. The van der Waals surface area contributed by atoms with Crippen LogP contribution in [-0.4, -0.2) is 62.6 Å². The third-order valence-electron chi connectivity index (χ3n) is 5.41. The molecular formula is C18H23N7O. The van der Waals surface area contributed by atoms with Gasteiger partial charge in [-0.25, -0.2) is 0 Å². The highest BCUT2D eigenvalue weighted by Crippen LogP contribution is 2.38. The van der Waals surface area contributed by atoms with Gasteiger partial charge in [0.15, 0.2) is 11.5 Å². The summed E-state index contributed by atoms with van der Waals surface area (Å²) >= 11 is 0. The topological polar surface area (TPSA) is 75.6 Å². The van der Waals surface area contributed by atoms with Gasteiger partial charge < -0.3 is 9.42 Å². The van der Waals surface area contributed by atoms with E-state index in [1.807, 2.05) is 29.6 Å². The number of aromatic nitrogens is 5. The molecule has 4 heterocycles. The van der Waals surface area contributed by atoms with Gasteiger partial charge in [-0.05, 0) is 38.9 Å². The Morgan fingerprint density at radius 3 is 2.81 bits per heavy atom. The van der Waals surface area contributed by atoms with Gasteiger partial charge in [-0.2, -0.15) is 4.52 Å². The molecule has 1 aliphatic carbocycles. The first-order chi connectivity index (χ1) is 12.7. The Morgan fingerprint density at radius 2 is 2.08 bits per heavy atom. The second-order valence-electron chi connectivity index (χ2n) is 7.52. The molecule has 1 saturated carbocycles. The molecule has 0 bridgehead atoms. The van der Waals surface area contributed by atoms with Crippen LogP contribution < -0.4 is 4.90 Å². The molecule has 3 aromatic rings. The van der Waals surface area contributed by atoms with Gasteiger partial charge in [0.25, 0.3) is 0 Å². The van der Waals surface area contributed by atoms with Crippen molar-refractivity contribution in [2.24, 2.45) is 0 Å². The fourth-order valence-electron chi connectivity index (χ4n) is 3.48. The number of anilines is 1. The highest BCUT2D eigenvalue weighted by molar-refractivity contribution is 5.48. The molecular weight excluding hydrogens is 330 g/mol. The first-order valence-electron chi connectivity index (χ1n) is 9.27. The van der Waals surface area contributed by atoms with Gasteiger partial charge in [-0.3, -0.25) is 4.90 Å². The second-order valence-corrected chi connectivity index (χ2v) is 7.52. The average Bonchev–Trinajstić information content (AvgIpc) is 3.21. The van der Waals surface area contributed by atoms with E-state index in [2.05, 4.69) is 32.2 Å². The summed E-state index contributed by atoms with van der Waals surface area (Å²) < 4.78 is 7.22. The van der Waals surface area contributed by atoms with Gasteiger partial charge >= 0.3 is 0 Å². The van der Waals surface area contributed by atoms with E-state index in [1.165, 1.54) is 12.8 Å². The van der Waals surface area contributed by atoms with Crippen molar-refractivity contribution in [3.8, 4) is 0 Å². The molecule has 0 N–H and O–H groups in total. The first-order valence-corrected chi connectivity index (χ1v) is 9.27. The quantitative estimate of drug-likeness (QED) is 0.667. The normalized spacial score (nSPS) is 18.0. The molecule has 8 heteroatoms. The monoisotopic (exact) mass is 353 g/mol. The largest absolute Gasteiger partial charge is 0.361 e. The Balaban J connectivity index is 1.20. The lowest BCUT2D eigenvalue weighted by Crippen LogP contribution is -2.59. The summed E-state index contributed by atoms with van der Waals surface area (Å²) in [5.41, 5.74) is 1.78. The van der Waals surface area contributed by atoms with Crippen LogP contribution in [0.4, 0.5) is 5.82 Å². The Kier molecular flexibility index (Phi) is 3.66. The summed E-state index contributed by atoms with van der Waals surface area (Å²) in [6, 6.07) is 6.62. The Bertz CT molecular complexity index is 923. The van der Waals surface area contributed by atoms with Crippen molar-refractivity contribution >= 4 is 11.5 Å². The van der Waals surface area contributed by atoms with Gasteiger partial charge in [0.2, 0.25) is 0 Å².